The molecule has 0 spiro atoms. The first kappa shape index (κ1) is 79.8. The number of nitrogens with one attached hydrogen (secondary N) is 1. The number of amides is 1. The van der Waals surface area contributed by atoms with Crippen molar-refractivity contribution in [3.63, 3.8) is 0 Å². The smallest absolute Gasteiger partial charge is 0.249 e. The van der Waals surface area contributed by atoms with E-state index in [0.29, 0.717) is 19.3 Å². The van der Waals surface area contributed by atoms with Gasteiger partial charge in [-0.05, 0) is 96.3 Å². The molecule has 1 aliphatic heterocycles. The molecule has 1 fully saturated rings. The second-order valence-corrected chi connectivity index (χ2v) is 24.9. The van der Waals surface area contributed by atoms with Crippen LogP contribution in [-0.4, -0.2) is 110 Å². The van der Waals surface area contributed by atoms with Crippen LogP contribution in [0.5, 0.6) is 0 Å². The zero-order valence-electron chi connectivity index (χ0n) is 54.4. The van der Waals surface area contributed by atoms with Gasteiger partial charge in [-0.2, -0.15) is 0 Å². The van der Waals surface area contributed by atoms with E-state index in [2.05, 4.69) is 79.9 Å². The van der Waals surface area contributed by atoms with Crippen molar-refractivity contribution in [1.82, 2.24) is 5.32 Å². The van der Waals surface area contributed by atoms with Gasteiger partial charge in [0, 0.05) is 0 Å². The number of rotatable bonds is 62. The van der Waals surface area contributed by atoms with E-state index in [4.69, 9.17) is 9.47 Å². The average Bonchev–Trinajstić information content (AvgIpc) is 3.66. The average molecular weight is 1190 g/mol. The van der Waals surface area contributed by atoms with Crippen LogP contribution in [0.4, 0.5) is 0 Å². The maximum absolute atomic E-state index is 13.2. The summed E-state index contributed by atoms with van der Waals surface area (Å²) in [6, 6.07) is -1.20. The van der Waals surface area contributed by atoms with Crippen molar-refractivity contribution in [1.29, 1.82) is 0 Å². The van der Waals surface area contributed by atoms with Crippen molar-refractivity contribution >= 4 is 5.91 Å². The highest BCUT2D eigenvalue weighted by Gasteiger charge is 2.44. The van der Waals surface area contributed by atoms with E-state index in [1.807, 2.05) is 0 Å². The van der Waals surface area contributed by atoms with Gasteiger partial charge in [0.1, 0.15) is 36.6 Å². The van der Waals surface area contributed by atoms with Crippen LogP contribution in [0.25, 0.3) is 0 Å². The molecule has 0 aliphatic carbocycles. The molecule has 84 heavy (non-hydrogen) atoms. The fraction of sp³-hybridized carbons (Fsp3) is 0.849. The third-order valence-corrected chi connectivity index (χ3v) is 17.0. The molecule has 0 aromatic rings. The Balaban J connectivity index is 2.25. The van der Waals surface area contributed by atoms with Gasteiger partial charge >= 0.3 is 0 Å². The Labute approximate surface area is 516 Å². The quantitative estimate of drug-likeness (QED) is 0.0215. The monoisotopic (exact) mass is 1190 g/mol. The fourth-order valence-electron chi connectivity index (χ4n) is 11.3. The first-order valence-electron chi connectivity index (χ1n) is 35.7. The number of carbonyl (C=O) groups is 1. The minimum atomic E-state index is -1.68. The van der Waals surface area contributed by atoms with Crippen LogP contribution in [0.2, 0.25) is 0 Å². The molecule has 11 heteroatoms. The number of allylic oxidation sites excluding steroid dienone is 10. The molecule has 1 aliphatic rings. The first-order valence-corrected chi connectivity index (χ1v) is 35.7. The molecule has 1 rings (SSSR count). The van der Waals surface area contributed by atoms with Crippen LogP contribution in [0.1, 0.15) is 328 Å². The van der Waals surface area contributed by atoms with Crippen molar-refractivity contribution in [2.75, 3.05) is 13.2 Å². The Morgan fingerprint density at radius 1 is 0.417 bits per heavy atom. The molecule has 0 bridgehead atoms. The SMILES string of the molecule is CCCCCCCCCCC/C=C\C/C=C\CCCCCCCCCCCCC(O)C(=O)NC(COC1OC(CO)C(O)C(O)C1O)C(O)C(O)CCC/C=C/CC/C=C/CC/C=C/CCCCCCCCCCCCCCCCCCCC. The van der Waals surface area contributed by atoms with Gasteiger partial charge < -0.3 is 50.5 Å². The highest BCUT2D eigenvalue weighted by Crippen LogP contribution is 2.24. The second-order valence-electron chi connectivity index (χ2n) is 24.9. The Morgan fingerprint density at radius 2 is 0.750 bits per heavy atom. The van der Waals surface area contributed by atoms with Crippen LogP contribution < -0.4 is 5.32 Å². The van der Waals surface area contributed by atoms with Gasteiger partial charge in [0.2, 0.25) is 5.91 Å². The van der Waals surface area contributed by atoms with E-state index in [1.165, 1.54) is 225 Å². The highest BCUT2D eigenvalue weighted by molar-refractivity contribution is 5.80. The molecule has 9 unspecified atom stereocenters. The van der Waals surface area contributed by atoms with Crippen LogP contribution in [0.15, 0.2) is 60.8 Å². The van der Waals surface area contributed by atoms with Gasteiger partial charge in [-0.3, -0.25) is 4.79 Å². The molecule has 0 saturated carbocycles. The predicted octanol–water partition coefficient (Wildman–Crippen LogP) is 17.3. The van der Waals surface area contributed by atoms with Crippen molar-refractivity contribution < 1.29 is 50.0 Å². The molecule has 11 nitrogen and oxygen atoms in total. The highest BCUT2D eigenvalue weighted by atomic mass is 16.7. The third kappa shape index (κ3) is 47.8. The van der Waals surface area contributed by atoms with E-state index in [0.717, 1.165) is 57.8 Å². The van der Waals surface area contributed by atoms with Crippen molar-refractivity contribution in [2.45, 2.75) is 384 Å². The summed E-state index contributed by atoms with van der Waals surface area (Å²) in [7, 11) is 0. The first-order chi connectivity index (χ1) is 41.2. The minimum Gasteiger partial charge on any atom is -0.394 e. The molecule has 492 valence electrons. The number of hydrogen-bond donors (Lipinski definition) is 8. The molecule has 0 radical (unpaired) electrons. The van der Waals surface area contributed by atoms with Gasteiger partial charge in [-0.15, -0.1) is 0 Å². The zero-order valence-corrected chi connectivity index (χ0v) is 54.4. The van der Waals surface area contributed by atoms with Gasteiger partial charge in [-0.1, -0.05) is 293 Å². The van der Waals surface area contributed by atoms with Crippen LogP contribution in [-0.2, 0) is 14.3 Å². The van der Waals surface area contributed by atoms with E-state index in [-0.39, 0.29) is 12.8 Å². The number of hydrogen-bond acceptors (Lipinski definition) is 10. The van der Waals surface area contributed by atoms with Crippen LogP contribution >= 0.6 is 0 Å². The number of carbonyl (C=O) groups excluding carboxylic acids is 1. The minimum absolute atomic E-state index is 0.239. The summed E-state index contributed by atoms with van der Waals surface area (Å²) < 4.78 is 11.2. The molecular formula is C73H135NO10. The maximum Gasteiger partial charge on any atom is 0.249 e. The predicted molar refractivity (Wildman–Crippen MR) is 353 cm³/mol. The van der Waals surface area contributed by atoms with Crippen LogP contribution in [0, 0.1) is 0 Å². The zero-order chi connectivity index (χ0) is 61.0. The Morgan fingerprint density at radius 3 is 1.13 bits per heavy atom. The van der Waals surface area contributed by atoms with Gasteiger partial charge in [0.05, 0.1) is 25.4 Å². The van der Waals surface area contributed by atoms with Crippen molar-refractivity contribution in [3.05, 3.63) is 60.8 Å². The van der Waals surface area contributed by atoms with E-state index < -0.39 is 74.2 Å². The Kier molecular flexibility index (Phi) is 58.0. The standard InChI is InChI=1S/C73H135NO10/c1-3-5-7-9-11-13-15-17-19-21-23-25-27-29-31-32-33-34-35-37-38-40-42-44-46-48-50-52-54-56-58-60-65(76)68(78)64(63-83-73-71(81)70(80)69(79)67(62-75)84-73)74-72(82)66(77)61-59-57-55-53-51-49-47-45-43-41-39-36-30-28-26-24-22-20-18-16-14-12-10-8-6-4-2/h24,26,30,36-38,44,46,52,54,64-71,73,75-81H,3-23,25,27-29,31-35,39-43,45,47-51,53,55-63H2,1-2H3,(H,74,82)/b26-24-,36-30-,38-37+,46-44+,54-52+. The molecule has 1 amide bonds. The van der Waals surface area contributed by atoms with Crippen molar-refractivity contribution in [3.8, 4) is 0 Å². The molecule has 0 aromatic carbocycles. The summed E-state index contributed by atoms with van der Waals surface area (Å²) >= 11 is 0. The number of aliphatic hydroxyl groups is 7. The summed E-state index contributed by atoms with van der Waals surface area (Å²) in [4.78, 5) is 13.2. The van der Waals surface area contributed by atoms with Gasteiger partial charge in [-0.25, -0.2) is 0 Å². The Hall–Kier alpha value is -2.19. The lowest BCUT2D eigenvalue weighted by Gasteiger charge is -2.40. The lowest BCUT2D eigenvalue weighted by molar-refractivity contribution is -0.303. The lowest BCUT2D eigenvalue weighted by atomic mass is 9.98. The normalized spacial score (nSPS) is 19.3. The molecule has 0 aromatic heterocycles. The van der Waals surface area contributed by atoms with E-state index in [9.17, 15) is 40.5 Å². The fourth-order valence-corrected chi connectivity index (χ4v) is 11.3. The molecule has 1 heterocycles. The second kappa shape index (κ2) is 61.1. The van der Waals surface area contributed by atoms with Crippen molar-refractivity contribution in [2.24, 2.45) is 0 Å². The molecule has 8 N–H and O–H groups in total. The number of unbranched alkanes of at least 4 members (excludes halogenated alkanes) is 40. The molecular weight excluding hydrogens is 1050 g/mol. The lowest BCUT2D eigenvalue weighted by Crippen LogP contribution is -2.60. The topological polar surface area (TPSA) is 189 Å². The Bertz CT molecular complexity index is 1550. The summed E-state index contributed by atoms with van der Waals surface area (Å²) in [6.45, 7) is 3.48. The number of aliphatic hydroxyl groups excluding tert-OH is 7. The van der Waals surface area contributed by atoms with Gasteiger partial charge in [0.25, 0.3) is 0 Å². The molecule has 1 saturated heterocycles. The number of ether oxygens (including phenoxy) is 2. The van der Waals surface area contributed by atoms with Crippen LogP contribution in [0.3, 0.4) is 0 Å². The molecule has 9 atom stereocenters. The maximum atomic E-state index is 13.2. The van der Waals surface area contributed by atoms with Gasteiger partial charge in [0.15, 0.2) is 6.29 Å². The summed E-state index contributed by atoms with van der Waals surface area (Å²) in [6.07, 6.45) is 70.2. The van der Waals surface area contributed by atoms with E-state index >= 15 is 0 Å². The largest absolute Gasteiger partial charge is 0.394 e. The third-order valence-electron chi connectivity index (χ3n) is 17.0. The summed E-state index contributed by atoms with van der Waals surface area (Å²) in [5.41, 5.74) is 0. The summed E-state index contributed by atoms with van der Waals surface area (Å²) in [5.74, 6) is -0.713. The van der Waals surface area contributed by atoms with E-state index in [1.54, 1.807) is 0 Å². The summed E-state index contributed by atoms with van der Waals surface area (Å²) in [5, 5.41) is 76.5.